The molecule has 0 saturated carbocycles. The summed E-state index contributed by atoms with van der Waals surface area (Å²) in [6, 6.07) is 9.86. The fourth-order valence-electron chi connectivity index (χ4n) is 4.61. The molecule has 1 aromatic carbocycles. The normalized spacial score (nSPS) is 18.9. The lowest BCUT2D eigenvalue weighted by molar-refractivity contribution is 0.0784. The van der Waals surface area contributed by atoms with Crippen LogP contribution in [-0.4, -0.2) is 33.6 Å². The Balaban J connectivity index is 1.47. The van der Waals surface area contributed by atoms with Gasteiger partial charge in [0.25, 0.3) is 11.5 Å². The maximum absolute atomic E-state index is 13.1. The number of aliphatic hydroxyl groups excluding tert-OH is 1. The molecule has 0 radical (unpaired) electrons. The van der Waals surface area contributed by atoms with E-state index in [-0.39, 0.29) is 18.1 Å². The van der Waals surface area contributed by atoms with Crippen LogP contribution in [0.25, 0.3) is 0 Å². The number of amides is 1. The van der Waals surface area contributed by atoms with Gasteiger partial charge in [-0.1, -0.05) is 24.3 Å². The summed E-state index contributed by atoms with van der Waals surface area (Å²) in [6.45, 7) is 1.46. The van der Waals surface area contributed by atoms with Crippen molar-refractivity contribution in [1.29, 1.82) is 0 Å². The number of carbonyl (C=O) groups excluding carboxylic acids is 1. The number of rotatable bonds is 4. The predicted octanol–water partition coefficient (Wildman–Crippen LogP) is 2.46. The number of benzene rings is 1. The summed E-state index contributed by atoms with van der Waals surface area (Å²) in [5, 5.41) is 9.16. The zero-order valence-corrected chi connectivity index (χ0v) is 16.5. The minimum absolute atomic E-state index is 0.0573. The van der Waals surface area contributed by atoms with Gasteiger partial charge >= 0.3 is 0 Å². The predicted molar refractivity (Wildman–Crippen MR) is 108 cm³/mol. The van der Waals surface area contributed by atoms with Crippen molar-refractivity contribution in [3.8, 4) is 0 Å². The van der Waals surface area contributed by atoms with Gasteiger partial charge in [0.15, 0.2) is 0 Å². The summed E-state index contributed by atoms with van der Waals surface area (Å²) < 4.78 is 1.69. The van der Waals surface area contributed by atoms with E-state index in [9.17, 15) is 9.59 Å². The molecule has 1 saturated heterocycles. The lowest BCUT2D eigenvalue weighted by Gasteiger charge is -2.22. The standard InChI is InChI=1S/C23H28N2O3/c1-24-21-5-3-2-4-19(21)13-20(22(24)27)23(28)25-11-10-18(14-25)12-16-6-8-17(15-26)9-7-16/h6-9,13,18,26H,2-5,10-12,14-15H2,1H3/t18-/m0/s1. The zero-order chi connectivity index (χ0) is 19.7. The number of likely N-dealkylation sites (tertiary alicyclic amines) is 1. The number of hydrogen-bond donors (Lipinski definition) is 1. The summed E-state index contributed by atoms with van der Waals surface area (Å²) in [5.74, 6) is 0.289. The van der Waals surface area contributed by atoms with Gasteiger partial charge in [0, 0.05) is 25.8 Å². The van der Waals surface area contributed by atoms with E-state index in [1.54, 1.807) is 11.6 Å². The molecule has 5 nitrogen and oxygen atoms in total. The third kappa shape index (κ3) is 3.63. The number of aromatic nitrogens is 1. The molecule has 1 aliphatic carbocycles. The number of nitrogens with zero attached hydrogens (tertiary/aromatic N) is 2. The number of fused-ring (bicyclic) bond motifs is 1. The van der Waals surface area contributed by atoms with E-state index in [2.05, 4.69) is 12.1 Å². The van der Waals surface area contributed by atoms with Gasteiger partial charge < -0.3 is 14.6 Å². The third-order valence-corrected chi connectivity index (χ3v) is 6.27. The van der Waals surface area contributed by atoms with Crippen molar-refractivity contribution in [3.05, 3.63) is 68.6 Å². The molecule has 0 spiro atoms. The first kappa shape index (κ1) is 18.9. The molecule has 1 atom stereocenters. The minimum Gasteiger partial charge on any atom is -0.392 e. The Bertz CT molecular complexity index is 930. The SMILES string of the molecule is Cn1c2c(cc(C(=O)N3CC[C@@H](Cc4ccc(CO)cc4)C3)c1=O)CCCC2. The Hall–Kier alpha value is -2.40. The minimum atomic E-state index is -0.159. The summed E-state index contributed by atoms with van der Waals surface area (Å²) in [7, 11) is 1.80. The summed E-state index contributed by atoms with van der Waals surface area (Å²) in [6.07, 6.45) is 5.99. The molecule has 2 aromatic rings. The Morgan fingerprint density at radius 3 is 2.61 bits per heavy atom. The topological polar surface area (TPSA) is 62.5 Å². The van der Waals surface area contributed by atoms with Crippen LogP contribution in [0, 0.1) is 5.92 Å². The van der Waals surface area contributed by atoms with Gasteiger partial charge in [0.05, 0.1) is 6.61 Å². The van der Waals surface area contributed by atoms with Crippen LogP contribution >= 0.6 is 0 Å². The summed E-state index contributed by atoms with van der Waals surface area (Å²) in [4.78, 5) is 27.7. The second-order valence-electron chi connectivity index (χ2n) is 8.19. The molecule has 5 heteroatoms. The average molecular weight is 380 g/mol. The van der Waals surface area contributed by atoms with Gasteiger partial charge in [-0.2, -0.15) is 0 Å². The van der Waals surface area contributed by atoms with Crippen molar-refractivity contribution < 1.29 is 9.90 Å². The molecular weight excluding hydrogens is 352 g/mol. The Morgan fingerprint density at radius 1 is 1.14 bits per heavy atom. The van der Waals surface area contributed by atoms with Gasteiger partial charge in [-0.3, -0.25) is 9.59 Å². The van der Waals surface area contributed by atoms with E-state index in [1.165, 1.54) is 5.56 Å². The molecule has 0 bridgehead atoms. The highest BCUT2D eigenvalue weighted by Crippen LogP contribution is 2.24. The van der Waals surface area contributed by atoms with Crippen LogP contribution in [0.2, 0.25) is 0 Å². The van der Waals surface area contributed by atoms with Crippen LogP contribution in [0.5, 0.6) is 0 Å². The van der Waals surface area contributed by atoms with E-state index in [0.717, 1.165) is 55.3 Å². The van der Waals surface area contributed by atoms with E-state index < -0.39 is 0 Å². The van der Waals surface area contributed by atoms with Gasteiger partial charge in [-0.25, -0.2) is 0 Å². The van der Waals surface area contributed by atoms with Crippen molar-refractivity contribution in [2.75, 3.05) is 13.1 Å². The van der Waals surface area contributed by atoms with E-state index in [1.807, 2.05) is 23.1 Å². The first-order valence-electron chi connectivity index (χ1n) is 10.3. The number of aliphatic hydroxyl groups is 1. The number of aryl methyl sites for hydroxylation is 1. The second-order valence-corrected chi connectivity index (χ2v) is 8.19. The second kappa shape index (κ2) is 7.92. The Labute approximate surface area is 165 Å². The number of carbonyl (C=O) groups is 1. The molecule has 148 valence electrons. The first-order chi connectivity index (χ1) is 13.6. The van der Waals surface area contributed by atoms with Crippen molar-refractivity contribution in [1.82, 2.24) is 9.47 Å². The molecule has 2 heterocycles. The van der Waals surface area contributed by atoms with E-state index >= 15 is 0 Å². The van der Waals surface area contributed by atoms with Crippen LogP contribution in [0.1, 0.15) is 52.0 Å². The molecule has 1 aliphatic heterocycles. The molecule has 4 rings (SSSR count). The quantitative estimate of drug-likeness (QED) is 0.886. The monoisotopic (exact) mass is 380 g/mol. The molecule has 28 heavy (non-hydrogen) atoms. The third-order valence-electron chi connectivity index (χ3n) is 6.27. The highest BCUT2D eigenvalue weighted by molar-refractivity contribution is 5.94. The molecule has 1 fully saturated rings. The number of pyridine rings is 1. The van der Waals surface area contributed by atoms with Crippen LogP contribution in [0.4, 0.5) is 0 Å². The summed E-state index contributed by atoms with van der Waals surface area (Å²) in [5.41, 5.74) is 4.57. The van der Waals surface area contributed by atoms with Gasteiger partial charge in [-0.15, -0.1) is 0 Å². The smallest absolute Gasteiger partial charge is 0.263 e. The van der Waals surface area contributed by atoms with E-state index in [0.29, 0.717) is 24.6 Å². The van der Waals surface area contributed by atoms with Gasteiger partial charge in [-0.05, 0) is 67.2 Å². The van der Waals surface area contributed by atoms with Crippen LogP contribution in [0.15, 0.2) is 35.1 Å². The van der Waals surface area contributed by atoms with Crippen molar-refractivity contribution in [3.63, 3.8) is 0 Å². The van der Waals surface area contributed by atoms with Crippen LogP contribution in [0.3, 0.4) is 0 Å². The number of hydrogen-bond acceptors (Lipinski definition) is 3. The first-order valence-corrected chi connectivity index (χ1v) is 10.3. The van der Waals surface area contributed by atoms with Gasteiger partial charge in [0.1, 0.15) is 5.56 Å². The molecule has 1 aromatic heterocycles. The van der Waals surface area contributed by atoms with E-state index in [4.69, 9.17) is 5.11 Å². The molecule has 1 N–H and O–H groups in total. The maximum atomic E-state index is 13.1. The molecule has 2 aliphatic rings. The fraction of sp³-hybridized carbons (Fsp3) is 0.478. The van der Waals surface area contributed by atoms with Crippen LogP contribution < -0.4 is 5.56 Å². The highest BCUT2D eigenvalue weighted by Gasteiger charge is 2.29. The summed E-state index contributed by atoms with van der Waals surface area (Å²) >= 11 is 0. The molecule has 0 unspecified atom stereocenters. The fourth-order valence-corrected chi connectivity index (χ4v) is 4.61. The lowest BCUT2D eigenvalue weighted by atomic mass is 9.94. The Kier molecular flexibility index (Phi) is 5.36. The van der Waals surface area contributed by atoms with Crippen molar-refractivity contribution >= 4 is 5.91 Å². The largest absolute Gasteiger partial charge is 0.392 e. The highest BCUT2D eigenvalue weighted by atomic mass is 16.3. The van der Waals surface area contributed by atoms with Crippen LogP contribution in [-0.2, 0) is 32.9 Å². The van der Waals surface area contributed by atoms with Gasteiger partial charge in [0.2, 0.25) is 0 Å². The Morgan fingerprint density at radius 2 is 1.86 bits per heavy atom. The zero-order valence-electron chi connectivity index (χ0n) is 16.5. The maximum Gasteiger partial charge on any atom is 0.263 e. The van der Waals surface area contributed by atoms with Crippen molar-refractivity contribution in [2.45, 2.75) is 45.1 Å². The van der Waals surface area contributed by atoms with Crippen molar-refractivity contribution in [2.24, 2.45) is 13.0 Å². The molecule has 1 amide bonds. The lowest BCUT2D eigenvalue weighted by Crippen LogP contribution is -2.36. The molecular formula is C23H28N2O3. The average Bonchev–Trinajstić information content (AvgIpc) is 3.19.